The third-order valence-electron chi connectivity index (χ3n) is 5.38. The van der Waals surface area contributed by atoms with Gasteiger partial charge in [0.1, 0.15) is 29.8 Å². The van der Waals surface area contributed by atoms with E-state index in [1.54, 1.807) is 12.1 Å². The van der Waals surface area contributed by atoms with Crippen LogP contribution in [0, 0.1) is 0 Å². The van der Waals surface area contributed by atoms with Crippen molar-refractivity contribution in [2.45, 2.75) is 25.6 Å². The van der Waals surface area contributed by atoms with Crippen LogP contribution in [0.3, 0.4) is 0 Å². The maximum Gasteiger partial charge on any atom is 0.344 e. The maximum absolute atomic E-state index is 12.5. The van der Waals surface area contributed by atoms with E-state index in [2.05, 4.69) is 0 Å². The Labute approximate surface area is 173 Å². The van der Waals surface area contributed by atoms with E-state index < -0.39 is 0 Å². The smallest absolute Gasteiger partial charge is 0.344 e. The van der Waals surface area contributed by atoms with Gasteiger partial charge in [-0.1, -0.05) is 36.4 Å². The zero-order valence-electron chi connectivity index (χ0n) is 16.5. The molecule has 5 nitrogen and oxygen atoms in total. The fourth-order valence-electron chi connectivity index (χ4n) is 3.84. The van der Waals surface area contributed by atoms with E-state index in [-0.39, 0.29) is 11.7 Å². The quantitative estimate of drug-likeness (QED) is 0.344. The van der Waals surface area contributed by atoms with Gasteiger partial charge in [0, 0.05) is 18.2 Å². The Morgan fingerprint density at radius 1 is 0.900 bits per heavy atom. The van der Waals surface area contributed by atoms with Gasteiger partial charge in [0.15, 0.2) is 0 Å². The van der Waals surface area contributed by atoms with Gasteiger partial charge in [-0.05, 0) is 35.9 Å². The number of benzene rings is 3. The molecule has 5 heteroatoms. The van der Waals surface area contributed by atoms with Crippen LogP contribution < -0.4 is 15.1 Å². The summed E-state index contributed by atoms with van der Waals surface area (Å²) in [6, 6.07) is 21.0. The number of ether oxygens (including phenoxy) is 3. The molecule has 0 spiro atoms. The number of hydrogen-bond donors (Lipinski definition) is 0. The monoisotopic (exact) mass is 402 g/mol. The summed E-state index contributed by atoms with van der Waals surface area (Å²) in [6.07, 6.45) is 1.85. The summed E-state index contributed by atoms with van der Waals surface area (Å²) in [5.41, 5.74) is 1.20. The van der Waals surface area contributed by atoms with Crippen molar-refractivity contribution in [3.63, 3.8) is 0 Å². The highest BCUT2D eigenvalue weighted by Crippen LogP contribution is 2.34. The van der Waals surface area contributed by atoms with Crippen LogP contribution in [-0.4, -0.2) is 19.3 Å². The molecule has 30 heavy (non-hydrogen) atoms. The van der Waals surface area contributed by atoms with Crippen LogP contribution in [0.25, 0.3) is 21.7 Å². The fraction of sp³-hybridized carbons (Fsp3) is 0.240. The average molecular weight is 402 g/mol. The van der Waals surface area contributed by atoms with E-state index in [1.807, 2.05) is 54.6 Å². The minimum Gasteiger partial charge on any atom is -0.490 e. The summed E-state index contributed by atoms with van der Waals surface area (Å²) in [5, 5.41) is 2.06. The first-order chi connectivity index (χ1) is 14.8. The Kier molecular flexibility index (Phi) is 5.11. The molecule has 0 aliphatic carbocycles. The summed E-state index contributed by atoms with van der Waals surface area (Å²) in [5.74, 6) is 1.41. The van der Waals surface area contributed by atoms with Crippen molar-refractivity contribution in [1.29, 1.82) is 0 Å². The molecule has 0 bridgehead atoms. The summed E-state index contributed by atoms with van der Waals surface area (Å²) in [6.45, 7) is 1.85. The first kappa shape index (κ1) is 18.7. The second-order valence-electron chi connectivity index (χ2n) is 7.43. The molecule has 3 aromatic carbocycles. The van der Waals surface area contributed by atoms with Crippen molar-refractivity contribution >= 4 is 21.7 Å². The Morgan fingerprint density at radius 3 is 2.57 bits per heavy atom. The molecule has 1 aliphatic rings. The molecule has 2 heterocycles. The van der Waals surface area contributed by atoms with Gasteiger partial charge in [0.2, 0.25) is 0 Å². The van der Waals surface area contributed by atoms with Crippen LogP contribution in [-0.2, 0) is 11.3 Å². The van der Waals surface area contributed by atoms with Crippen LogP contribution in [0.2, 0.25) is 0 Å². The standard InChI is InChI=1S/C25H22O5/c26-25-20-10-9-19(29-18-11-13-27-14-12-18)15-21(20)24-22(7-4-8-23(24)30-25)28-16-17-5-2-1-3-6-17/h1-10,15,18H,11-14,16H2. The van der Waals surface area contributed by atoms with Crippen molar-refractivity contribution in [2.75, 3.05) is 13.2 Å². The molecule has 0 unspecified atom stereocenters. The zero-order chi connectivity index (χ0) is 20.3. The average Bonchev–Trinajstić information content (AvgIpc) is 2.79. The largest absolute Gasteiger partial charge is 0.490 e. The first-order valence-corrected chi connectivity index (χ1v) is 10.2. The topological polar surface area (TPSA) is 57.9 Å². The molecule has 1 fully saturated rings. The van der Waals surface area contributed by atoms with Gasteiger partial charge in [-0.3, -0.25) is 0 Å². The molecule has 1 aromatic heterocycles. The van der Waals surface area contributed by atoms with E-state index in [4.69, 9.17) is 18.6 Å². The van der Waals surface area contributed by atoms with Crippen LogP contribution in [0.4, 0.5) is 0 Å². The highest BCUT2D eigenvalue weighted by atomic mass is 16.5. The van der Waals surface area contributed by atoms with E-state index in [0.717, 1.165) is 34.9 Å². The second-order valence-corrected chi connectivity index (χ2v) is 7.43. The lowest BCUT2D eigenvalue weighted by Crippen LogP contribution is -2.25. The molecule has 152 valence electrons. The highest BCUT2D eigenvalue weighted by Gasteiger charge is 2.17. The van der Waals surface area contributed by atoms with E-state index >= 15 is 0 Å². The summed E-state index contributed by atoms with van der Waals surface area (Å²) >= 11 is 0. The number of rotatable bonds is 5. The number of fused-ring (bicyclic) bond motifs is 3. The van der Waals surface area contributed by atoms with E-state index in [1.165, 1.54) is 0 Å². The van der Waals surface area contributed by atoms with Crippen molar-refractivity contribution in [3.8, 4) is 11.5 Å². The van der Waals surface area contributed by atoms with Crippen LogP contribution in [0.15, 0.2) is 75.9 Å². The molecule has 4 aromatic rings. The molecule has 5 rings (SSSR count). The Hall–Kier alpha value is -3.31. The van der Waals surface area contributed by atoms with Gasteiger partial charge in [-0.2, -0.15) is 0 Å². The van der Waals surface area contributed by atoms with Crippen LogP contribution >= 0.6 is 0 Å². The Morgan fingerprint density at radius 2 is 1.73 bits per heavy atom. The van der Waals surface area contributed by atoms with Gasteiger partial charge in [0.25, 0.3) is 0 Å². The minimum absolute atomic E-state index is 0.122. The predicted molar refractivity (Wildman–Crippen MR) is 115 cm³/mol. The molecule has 0 saturated carbocycles. The minimum atomic E-state index is -0.365. The van der Waals surface area contributed by atoms with E-state index in [9.17, 15) is 4.79 Å². The molecule has 0 N–H and O–H groups in total. The third-order valence-corrected chi connectivity index (χ3v) is 5.38. The molecule has 0 atom stereocenters. The molecular weight excluding hydrogens is 380 g/mol. The third kappa shape index (κ3) is 3.76. The van der Waals surface area contributed by atoms with Crippen molar-refractivity contribution in [3.05, 3.63) is 82.7 Å². The van der Waals surface area contributed by atoms with E-state index in [0.29, 0.717) is 36.5 Å². The lowest BCUT2D eigenvalue weighted by molar-refractivity contribution is 0.0256. The molecule has 0 radical (unpaired) electrons. The van der Waals surface area contributed by atoms with Crippen molar-refractivity contribution in [1.82, 2.24) is 0 Å². The van der Waals surface area contributed by atoms with Crippen molar-refractivity contribution in [2.24, 2.45) is 0 Å². The highest BCUT2D eigenvalue weighted by molar-refractivity contribution is 6.08. The zero-order valence-corrected chi connectivity index (χ0v) is 16.5. The summed E-state index contributed by atoms with van der Waals surface area (Å²) in [4.78, 5) is 12.5. The molecule has 0 amide bonds. The normalized spacial score (nSPS) is 14.8. The van der Waals surface area contributed by atoms with Gasteiger partial charge in [0.05, 0.1) is 24.0 Å². The predicted octanol–water partition coefficient (Wildman–Crippen LogP) is 5.08. The van der Waals surface area contributed by atoms with Crippen LogP contribution in [0.1, 0.15) is 18.4 Å². The first-order valence-electron chi connectivity index (χ1n) is 10.2. The Balaban J connectivity index is 1.56. The molecule has 1 aliphatic heterocycles. The molecular formula is C25H22O5. The Bertz CT molecular complexity index is 1220. The van der Waals surface area contributed by atoms with Crippen LogP contribution in [0.5, 0.6) is 11.5 Å². The maximum atomic E-state index is 12.5. The second kappa shape index (κ2) is 8.20. The van der Waals surface area contributed by atoms with Gasteiger partial charge >= 0.3 is 5.63 Å². The van der Waals surface area contributed by atoms with Gasteiger partial charge < -0.3 is 18.6 Å². The van der Waals surface area contributed by atoms with Crippen molar-refractivity contribution < 1.29 is 18.6 Å². The summed E-state index contributed by atoms with van der Waals surface area (Å²) < 4.78 is 23.3. The summed E-state index contributed by atoms with van der Waals surface area (Å²) in [7, 11) is 0. The van der Waals surface area contributed by atoms with Gasteiger partial charge in [-0.25, -0.2) is 4.79 Å². The number of hydrogen-bond acceptors (Lipinski definition) is 5. The molecule has 1 saturated heterocycles. The SMILES string of the molecule is O=c1oc2cccc(OCc3ccccc3)c2c2cc(OC3CCOCC3)ccc12. The lowest BCUT2D eigenvalue weighted by Gasteiger charge is -2.23. The van der Waals surface area contributed by atoms with Gasteiger partial charge in [-0.15, -0.1) is 0 Å². The lowest BCUT2D eigenvalue weighted by atomic mass is 10.1. The fourth-order valence-corrected chi connectivity index (χ4v) is 3.84.